The van der Waals surface area contributed by atoms with Crippen LogP contribution < -0.4 is 9.47 Å². The lowest BCUT2D eigenvalue weighted by Gasteiger charge is -2.10. The molecule has 0 unspecified atom stereocenters. The minimum Gasteiger partial charge on any atom is -0.496 e. The van der Waals surface area contributed by atoms with Crippen LogP contribution in [0, 0.1) is 5.82 Å². The molecule has 0 spiro atoms. The maximum absolute atomic E-state index is 13.4. The number of hydrogen-bond donors (Lipinski definition) is 0. The summed E-state index contributed by atoms with van der Waals surface area (Å²) in [6.45, 7) is 1.89. The predicted octanol–water partition coefficient (Wildman–Crippen LogP) is 2.02. The third-order valence-corrected chi connectivity index (χ3v) is 1.97. The molecule has 0 aromatic heterocycles. The van der Waals surface area contributed by atoms with Crippen molar-refractivity contribution in [1.29, 1.82) is 0 Å². The molecular formula is C11H13FO4. The summed E-state index contributed by atoms with van der Waals surface area (Å²) in [6, 6.07) is 2.34. The summed E-state index contributed by atoms with van der Waals surface area (Å²) < 4.78 is 27.9. The largest absolute Gasteiger partial charge is 0.496 e. The summed E-state index contributed by atoms with van der Waals surface area (Å²) in [6.07, 6.45) is 0. The topological polar surface area (TPSA) is 44.8 Å². The van der Waals surface area contributed by atoms with Gasteiger partial charge in [0.1, 0.15) is 11.3 Å². The first-order chi connectivity index (χ1) is 7.63. The smallest absolute Gasteiger partial charge is 0.342 e. The molecule has 5 heteroatoms. The lowest BCUT2D eigenvalue weighted by Crippen LogP contribution is -2.07. The van der Waals surface area contributed by atoms with Crippen molar-refractivity contribution in [2.24, 2.45) is 0 Å². The zero-order chi connectivity index (χ0) is 12.1. The first kappa shape index (κ1) is 12.3. The molecule has 1 aromatic carbocycles. The molecule has 0 N–H and O–H groups in total. The van der Waals surface area contributed by atoms with E-state index in [1.54, 1.807) is 6.92 Å². The quantitative estimate of drug-likeness (QED) is 0.739. The number of benzene rings is 1. The number of carbonyl (C=O) groups is 1. The molecule has 16 heavy (non-hydrogen) atoms. The normalized spacial score (nSPS) is 9.75. The molecule has 4 nitrogen and oxygen atoms in total. The Bertz CT molecular complexity index is 390. The van der Waals surface area contributed by atoms with E-state index in [2.05, 4.69) is 0 Å². The average Bonchev–Trinajstić information content (AvgIpc) is 2.29. The Morgan fingerprint density at radius 2 is 1.88 bits per heavy atom. The molecule has 0 saturated carbocycles. The van der Waals surface area contributed by atoms with Gasteiger partial charge in [-0.05, 0) is 13.0 Å². The van der Waals surface area contributed by atoms with Gasteiger partial charge in [-0.1, -0.05) is 0 Å². The number of methoxy groups -OCH3 is 2. The summed E-state index contributed by atoms with van der Waals surface area (Å²) in [5.41, 5.74) is 0.0441. The lowest BCUT2D eigenvalue weighted by atomic mass is 10.2. The minimum absolute atomic E-state index is 0.0184. The van der Waals surface area contributed by atoms with Crippen molar-refractivity contribution in [3.05, 3.63) is 23.5 Å². The minimum atomic E-state index is -0.633. The molecular weight excluding hydrogens is 215 g/mol. The van der Waals surface area contributed by atoms with Gasteiger partial charge in [0.2, 0.25) is 0 Å². The average molecular weight is 228 g/mol. The fourth-order valence-electron chi connectivity index (χ4n) is 1.23. The molecule has 0 aliphatic rings. The summed E-state index contributed by atoms with van der Waals surface area (Å²) in [5, 5.41) is 0. The van der Waals surface area contributed by atoms with E-state index in [0.29, 0.717) is 0 Å². The molecule has 0 amide bonds. The van der Waals surface area contributed by atoms with Crippen molar-refractivity contribution < 1.29 is 23.4 Å². The fraction of sp³-hybridized carbons (Fsp3) is 0.364. The van der Waals surface area contributed by atoms with Gasteiger partial charge in [0, 0.05) is 6.07 Å². The maximum Gasteiger partial charge on any atom is 0.342 e. The van der Waals surface area contributed by atoms with Crippen molar-refractivity contribution in [1.82, 2.24) is 0 Å². The van der Waals surface area contributed by atoms with E-state index < -0.39 is 11.8 Å². The molecule has 0 fully saturated rings. The summed E-state index contributed by atoms with van der Waals surface area (Å²) in [5.74, 6) is -1.02. The van der Waals surface area contributed by atoms with Crippen LogP contribution in [0.4, 0.5) is 4.39 Å². The van der Waals surface area contributed by atoms with E-state index in [9.17, 15) is 9.18 Å². The number of esters is 1. The van der Waals surface area contributed by atoms with E-state index in [1.807, 2.05) is 0 Å². The Morgan fingerprint density at radius 1 is 1.25 bits per heavy atom. The van der Waals surface area contributed by atoms with E-state index in [-0.39, 0.29) is 23.7 Å². The molecule has 88 valence electrons. The Balaban J connectivity index is 3.17. The van der Waals surface area contributed by atoms with Crippen molar-refractivity contribution in [3.63, 3.8) is 0 Å². The second kappa shape index (κ2) is 5.34. The van der Waals surface area contributed by atoms with Crippen LogP contribution in [-0.4, -0.2) is 26.8 Å². The molecule has 0 radical (unpaired) electrons. The summed E-state index contributed by atoms with van der Waals surface area (Å²) in [7, 11) is 2.72. The van der Waals surface area contributed by atoms with Gasteiger partial charge in [0.05, 0.1) is 20.8 Å². The van der Waals surface area contributed by atoms with Gasteiger partial charge in [0.15, 0.2) is 11.6 Å². The Hall–Kier alpha value is -1.78. The third kappa shape index (κ3) is 2.42. The molecule has 0 atom stereocenters. The zero-order valence-electron chi connectivity index (χ0n) is 9.37. The van der Waals surface area contributed by atoms with Crippen molar-refractivity contribution in [2.75, 3.05) is 20.8 Å². The second-order valence-electron chi connectivity index (χ2n) is 2.91. The van der Waals surface area contributed by atoms with Gasteiger partial charge in [0.25, 0.3) is 0 Å². The summed E-state index contributed by atoms with van der Waals surface area (Å²) >= 11 is 0. The number of halogens is 1. The number of carbonyl (C=O) groups excluding carboxylic acids is 1. The molecule has 0 bridgehead atoms. The van der Waals surface area contributed by atoms with Crippen molar-refractivity contribution in [2.45, 2.75) is 6.92 Å². The second-order valence-corrected chi connectivity index (χ2v) is 2.91. The monoisotopic (exact) mass is 228 g/mol. The Kier molecular flexibility index (Phi) is 4.10. The Morgan fingerprint density at radius 3 is 2.38 bits per heavy atom. The van der Waals surface area contributed by atoms with E-state index in [1.165, 1.54) is 20.3 Å². The number of rotatable bonds is 4. The lowest BCUT2D eigenvalue weighted by molar-refractivity contribution is 0.0522. The SMILES string of the molecule is CCOC(=O)c1cc(F)c(OC)cc1OC. The fourth-order valence-corrected chi connectivity index (χ4v) is 1.23. The van der Waals surface area contributed by atoms with Gasteiger partial charge in [-0.15, -0.1) is 0 Å². The Labute approximate surface area is 92.9 Å². The molecule has 0 heterocycles. The van der Waals surface area contributed by atoms with E-state index in [0.717, 1.165) is 6.07 Å². The molecule has 1 aromatic rings. The third-order valence-electron chi connectivity index (χ3n) is 1.97. The zero-order valence-corrected chi connectivity index (χ0v) is 9.37. The van der Waals surface area contributed by atoms with Crippen LogP contribution in [0.3, 0.4) is 0 Å². The van der Waals surface area contributed by atoms with Gasteiger partial charge >= 0.3 is 5.97 Å². The van der Waals surface area contributed by atoms with E-state index >= 15 is 0 Å². The highest BCUT2D eigenvalue weighted by Gasteiger charge is 2.17. The highest BCUT2D eigenvalue weighted by molar-refractivity contribution is 5.92. The highest BCUT2D eigenvalue weighted by atomic mass is 19.1. The van der Waals surface area contributed by atoms with Crippen LogP contribution >= 0.6 is 0 Å². The van der Waals surface area contributed by atoms with Crippen LogP contribution in [0.2, 0.25) is 0 Å². The van der Waals surface area contributed by atoms with Crippen LogP contribution in [0.15, 0.2) is 12.1 Å². The van der Waals surface area contributed by atoms with Gasteiger partial charge in [-0.25, -0.2) is 9.18 Å². The molecule has 0 aliphatic heterocycles. The highest BCUT2D eigenvalue weighted by Crippen LogP contribution is 2.28. The van der Waals surface area contributed by atoms with Crippen molar-refractivity contribution >= 4 is 5.97 Å². The molecule has 1 rings (SSSR count). The summed E-state index contributed by atoms with van der Waals surface area (Å²) in [4.78, 5) is 11.5. The molecule has 0 saturated heterocycles. The first-order valence-electron chi connectivity index (χ1n) is 4.72. The van der Waals surface area contributed by atoms with Crippen molar-refractivity contribution in [3.8, 4) is 11.5 Å². The first-order valence-corrected chi connectivity index (χ1v) is 4.72. The number of ether oxygens (including phenoxy) is 3. The molecule has 0 aliphatic carbocycles. The maximum atomic E-state index is 13.4. The van der Waals surface area contributed by atoms with Crippen LogP contribution in [-0.2, 0) is 4.74 Å². The van der Waals surface area contributed by atoms with Crippen LogP contribution in [0.5, 0.6) is 11.5 Å². The number of hydrogen-bond acceptors (Lipinski definition) is 4. The van der Waals surface area contributed by atoms with Gasteiger partial charge < -0.3 is 14.2 Å². The van der Waals surface area contributed by atoms with E-state index in [4.69, 9.17) is 14.2 Å². The van der Waals surface area contributed by atoms with Gasteiger partial charge in [-0.2, -0.15) is 0 Å². The van der Waals surface area contributed by atoms with Crippen LogP contribution in [0.1, 0.15) is 17.3 Å². The predicted molar refractivity (Wildman–Crippen MR) is 55.5 cm³/mol. The van der Waals surface area contributed by atoms with Gasteiger partial charge in [-0.3, -0.25) is 0 Å². The van der Waals surface area contributed by atoms with Crippen LogP contribution in [0.25, 0.3) is 0 Å². The standard InChI is InChI=1S/C11H13FO4/c1-4-16-11(13)7-5-8(12)10(15-3)6-9(7)14-2/h5-6H,4H2,1-3H3.